The van der Waals surface area contributed by atoms with E-state index in [1.54, 1.807) is 7.11 Å². The normalized spacial score (nSPS) is 19.1. The molecule has 0 N–H and O–H groups in total. The summed E-state index contributed by atoms with van der Waals surface area (Å²) >= 11 is 3.49. The molecule has 0 saturated carbocycles. The van der Waals surface area contributed by atoms with Crippen LogP contribution in [0, 0.1) is 0 Å². The van der Waals surface area contributed by atoms with Gasteiger partial charge in [-0.15, -0.1) is 0 Å². The second kappa shape index (κ2) is 5.74. The van der Waals surface area contributed by atoms with E-state index < -0.39 is 0 Å². The molecule has 4 heteroatoms. The molecule has 0 radical (unpaired) electrons. The third kappa shape index (κ3) is 2.53. The number of amides is 1. The molecule has 0 bridgehead atoms. The lowest BCUT2D eigenvalue weighted by molar-refractivity contribution is -0.131. The molecule has 1 amide bonds. The fourth-order valence-electron chi connectivity index (χ4n) is 2.56. The molecule has 0 spiro atoms. The molecule has 1 aromatic carbocycles. The highest BCUT2D eigenvalue weighted by Gasteiger charge is 2.30. The first-order valence-electron chi connectivity index (χ1n) is 6.30. The van der Waals surface area contributed by atoms with Crippen molar-refractivity contribution in [3.8, 4) is 5.75 Å². The van der Waals surface area contributed by atoms with Gasteiger partial charge in [-0.25, -0.2) is 0 Å². The molecule has 0 unspecified atom stereocenters. The van der Waals surface area contributed by atoms with Crippen molar-refractivity contribution in [2.75, 3.05) is 13.7 Å². The van der Waals surface area contributed by atoms with Gasteiger partial charge in [0.2, 0.25) is 5.91 Å². The smallest absolute Gasteiger partial charge is 0.222 e. The topological polar surface area (TPSA) is 29.5 Å². The summed E-state index contributed by atoms with van der Waals surface area (Å²) in [6.07, 6.45) is 2.64. The van der Waals surface area contributed by atoms with Crippen LogP contribution in [0.3, 0.4) is 0 Å². The highest BCUT2D eigenvalue weighted by molar-refractivity contribution is 9.10. The second-order valence-electron chi connectivity index (χ2n) is 4.48. The highest BCUT2D eigenvalue weighted by atomic mass is 79.9. The maximum absolute atomic E-state index is 12.0. The number of hydrogen-bond donors (Lipinski definition) is 0. The summed E-state index contributed by atoms with van der Waals surface area (Å²) in [6.45, 7) is 2.77. The fraction of sp³-hybridized carbons (Fsp3) is 0.500. The Morgan fingerprint density at radius 3 is 3.00 bits per heavy atom. The quantitative estimate of drug-likeness (QED) is 0.854. The first kappa shape index (κ1) is 13.4. The van der Waals surface area contributed by atoms with E-state index in [2.05, 4.69) is 22.0 Å². The Bertz CT molecular complexity index is 447. The molecule has 1 heterocycles. The van der Waals surface area contributed by atoms with Gasteiger partial charge in [0.1, 0.15) is 5.75 Å². The van der Waals surface area contributed by atoms with E-state index in [0.717, 1.165) is 35.2 Å². The number of benzene rings is 1. The molecule has 0 aromatic heterocycles. The maximum Gasteiger partial charge on any atom is 0.222 e. The molecule has 18 heavy (non-hydrogen) atoms. The Balaban J connectivity index is 2.35. The number of halogens is 1. The minimum atomic E-state index is 0.157. The summed E-state index contributed by atoms with van der Waals surface area (Å²) in [5.74, 6) is 1.08. The zero-order valence-corrected chi connectivity index (χ0v) is 12.4. The van der Waals surface area contributed by atoms with Gasteiger partial charge in [0.15, 0.2) is 0 Å². The van der Waals surface area contributed by atoms with Crippen molar-refractivity contribution in [2.45, 2.75) is 32.2 Å². The minimum Gasteiger partial charge on any atom is -0.496 e. The van der Waals surface area contributed by atoms with Crippen molar-refractivity contribution in [3.63, 3.8) is 0 Å². The molecule has 3 nitrogen and oxygen atoms in total. The van der Waals surface area contributed by atoms with Crippen LogP contribution in [0.25, 0.3) is 0 Å². The molecule has 0 aliphatic carbocycles. The highest BCUT2D eigenvalue weighted by Crippen LogP contribution is 2.38. The van der Waals surface area contributed by atoms with Crippen LogP contribution in [0.2, 0.25) is 0 Å². The molecule has 2 rings (SSSR count). The van der Waals surface area contributed by atoms with Gasteiger partial charge in [-0.2, -0.15) is 0 Å². The van der Waals surface area contributed by atoms with Gasteiger partial charge in [0.05, 0.1) is 13.2 Å². The van der Waals surface area contributed by atoms with Gasteiger partial charge >= 0.3 is 0 Å². The van der Waals surface area contributed by atoms with Gasteiger partial charge in [0, 0.05) is 23.0 Å². The van der Waals surface area contributed by atoms with E-state index in [4.69, 9.17) is 4.74 Å². The van der Waals surface area contributed by atoms with Crippen molar-refractivity contribution >= 4 is 21.8 Å². The number of nitrogens with zero attached hydrogens (tertiary/aromatic N) is 1. The Morgan fingerprint density at radius 2 is 2.33 bits per heavy atom. The molecule has 1 aliphatic rings. The lowest BCUT2D eigenvalue weighted by Gasteiger charge is -2.26. The lowest BCUT2D eigenvalue weighted by atomic mass is 10.0. The Hall–Kier alpha value is -1.03. The van der Waals surface area contributed by atoms with Gasteiger partial charge in [0.25, 0.3) is 0 Å². The van der Waals surface area contributed by atoms with Crippen molar-refractivity contribution in [3.05, 3.63) is 28.2 Å². The predicted molar refractivity (Wildman–Crippen MR) is 74.7 cm³/mol. The summed E-state index contributed by atoms with van der Waals surface area (Å²) in [6, 6.07) is 6.13. The van der Waals surface area contributed by atoms with Crippen LogP contribution in [-0.4, -0.2) is 24.5 Å². The largest absolute Gasteiger partial charge is 0.496 e. The predicted octanol–water partition coefficient (Wildman–Crippen LogP) is 3.53. The first-order valence-corrected chi connectivity index (χ1v) is 7.09. The van der Waals surface area contributed by atoms with Crippen molar-refractivity contribution in [2.24, 2.45) is 0 Å². The van der Waals surface area contributed by atoms with E-state index >= 15 is 0 Å². The molecular weight excluding hydrogens is 294 g/mol. The van der Waals surface area contributed by atoms with E-state index in [-0.39, 0.29) is 11.9 Å². The van der Waals surface area contributed by atoms with Crippen LogP contribution in [0.15, 0.2) is 22.7 Å². The van der Waals surface area contributed by atoms with E-state index in [1.807, 2.05) is 24.0 Å². The minimum absolute atomic E-state index is 0.157. The number of carbonyl (C=O) groups excluding carboxylic acids is 1. The molecule has 1 saturated heterocycles. The average Bonchev–Trinajstić information content (AvgIpc) is 2.86. The summed E-state index contributed by atoms with van der Waals surface area (Å²) in [4.78, 5) is 13.9. The Labute approximate surface area is 116 Å². The summed E-state index contributed by atoms with van der Waals surface area (Å²) in [5.41, 5.74) is 1.10. The third-order valence-electron chi connectivity index (χ3n) is 3.43. The van der Waals surface area contributed by atoms with Gasteiger partial charge < -0.3 is 9.64 Å². The van der Waals surface area contributed by atoms with Gasteiger partial charge in [-0.1, -0.05) is 22.9 Å². The molecule has 1 aromatic rings. The van der Waals surface area contributed by atoms with Crippen molar-refractivity contribution in [1.29, 1.82) is 0 Å². The summed E-state index contributed by atoms with van der Waals surface area (Å²) < 4.78 is 6.44. The van der Waals surface area contributed by atoms with Crippen LogP contribution >= 0.6 is 15.9 Å². The number of methoxy groups -OCH3 is 1. The number of hydrogen-bond acceptors (Lipinski definition) is 2. The monoisotopic (exact) mass is 311 g/mol. The number of likely N-dealkylation sites (tertiary alicyclic amines) is 1. The zero-order valence-electron chi connectivity index (χ0n) is 10.8. The van der Waals surface area contributed by atoms with Gasteiger partial charge in [-0.05, 0) is 31.0 Å². The standard InChI is InChI=1S/C14H18BrNO2/c1-3-14(17)16-8-4-5-12(16)11-9-10(15)6-7-13(11)18-2/h6-7,9,12H,3-5,8H2,1-2H3/t12-/m1/s1. The third-order valence-corrected chi connectivity index (χ3v) is 3.92. The van der Waals surface area contributed by atoms with Gasteiger partial charge in [-0.3, -0.25) is 4.79 Å². The first-order chi connectivity index (χ1) is 8.67. The Kier molecular flexibility index (Phi) is 4.27. The second-order valence-corrected chi connectivity index (χ2v) is 5.40. The number of ether oxygens (including phenoxy) is 1. The Morgan fingerprint density at radius 1 is 1.56 bits per heavy atom. The average molecular weight is 312 g/mol. The van der Waals surface area contributed by atoms with E-state index in [1.165, 1.54) is 0 Å². The van der Waals surface area contributed by atoms with Crippen LogP contribution in [0.5, 0.6) is 5.75 Å². The van der Waals surface area contributed by atoms with E-state index in [9.17, 15) is 4.79 Å². The zero-order chi connectivity index (χ0) is 13.1. The van der Waals surface area contributed by atoms with E-state index in [0.29, 0.717) is 6.42 Å². The van der Waals surface area contributed by atoms with Crippen LogP contribution < -0.4 is 4.74 Å². The lowest BCUT2D eigenvalue weighted by Crippen LogP contribution is -2.29. The molecule has 1 aliphatic heterocycles. The van der Waals surface area contributed by atoms with Crippen molar-refractivity contribution in [1.82, 2.24) is 4.90 Å². The molecule has 1 fully saturated rings. The fourth-order valence-corrected chi connectivity index (χ4v) is 2.94. The number of rotatable bonds is 3. The van der Waals surface area contributed by atoms with Crippen LogP contribution in [0.1, 0.15) is 37.8 Å². The molecule has 98 valence electrons. The summed E-state index contributed by atoms with van der Waals surface area (Å²) in [5, 5.41) is 0. The maximum atomic E-state index is 12.0. The van der Waals surface area contributed by atoms with Crippen LogP contribution in [0.4, 0.5) is 0 Å². The summed E-state index contributed by atoms with van der Waals surface area (Å²) in [7, 11) is 1.67. The van der Waals surface area contributed by atoms with Crippen molar-refractivity contribution < 1.29 is 9.53 Å². The SMILES string of the molecule is CCC(=O)N1CCC[C@@H]1c1cc(Br)ccc1OC. The number of carbonyl (C=O) groups is 1. The molecule has 1 atom stereocenters. The van der Waals surface area contributed by atoms with Crippen LogP contribution in [-0.2, 0) is 4.79 Å². The molecular formula is C14H18BrNO2.